The molecule has 0 aliphatic rings. The summed E-state index contributed by atoms with van der Waals surface area (Å²) in [5.74, 6) is 2.57. The van der Waals surface area contributed by atoms with Crippen LogP contribution in [0.3, 0.4) is 0 Å². The Labute approximate surface area is 74.6 Å². The summed E-state index contributed by atoms with van der Waals surface area (Å²) >= 11 is 0. The van der Waals surface area contributed by atoms with E-state index in [0.717, 1.165) is 0 Å². The zero-order valence-corrected chi connectivity index (χ0v) is 8.32. The van der Waals surface area contributed by atoms with Crippen LogP contribution in [0.4, 0.5) is 0 Å². The van der Waals surface area contributed by atoms with Crippen molar-refractivity contribution in [3.05, 3.63) is 0 Å². The topological polar surface area (TPSA) is 46.2 Å². The quantitative estimate of drug-likeness (QED) is 0.648. The highest BCUT2D eigenvalue weighted by atomic mass is 32.2. The summed E-state index contributed by atoms with van der Waals surface area (Å²) in [6.07, 6.45) is 6.09. The number of nitrogens with one attached hydrogen (secondary N) is 1. The maximum atomic E-state index is 11.1. The Hall–Kier alpha value is -0.530. The van der Waals surface area contributed by atoms with Crippen molar-refractivity contribution >= 4 is 10.0 Å². The summed E-state index contributed by atoms with van der Waals surface area (Å²) in [6.45, 7) is 3.58. The number of hydrogen-bond acceptors (Lipinski definition) is 2. The fourth-order valence-corrected chi connectivity index (χ4v) is 2.20. The molecule has 1 N–H and O–H groups in total. The normalized spacial score (nSPS) is 13.8. The van der Waals surface area contributed by atoms with E-state index >= 15 is 0 Å². The molecule has 70 valence electrons. The van der Waals surface area contributed by atoms with E-state index in [1.54, 1.807) is 6.92 Å². The van der Waals surface area contributed by atoms with Crippen molar-refractivity contribution in [3.63, 3.8) is 0 Å². The number of rotatable bonds is 5. The molecule has 0 amide bonds. The standard InChI is InChI=1S/C8H15NO2S/c1-4-6-8(3)9-12(10,11)7-5-2/h1,8-9H,5-7H2,2-3H3. The van der Waals surface area contributed by atoms with Gasteiger partial charge in [-0.25, -0.2) is 13.1 Å². The molecule has 0 saturated heterocycles. The van der Waals surface area contributed by atoms with Gasteiger partial charge in [-0.2, -0.15) is 0 Å². The molecule has 0 spiro atoms. The van der Waals surface area contributed by atoms with E-state index in [1.165, 1.54) is 0 Å². The summed E-state index contributed by atoms with van der Waals surface area (Å²) < 4.78 is 24.8. The number of sulfonamides is 1. The minimum atomic E-state index is -3.10. The molecule has 4 heteroatoms. The Balaban J connectivity index is 3.99. The zero-order chi connectivity index (χ0) is 9.61. The van der Waals surface area contributed by atoms with E-state index in [9.17, 15) is 8.42 Å². The third-order valence-electron chi connectivity index (χ3n) is 1.28. The molecule has 0 aromatic rings. The lowest BCUT2D eigenvalue weighted by atomic mass is 10.3. The second-order valence-electron chi connectivity index (χ2n) is 2.75. The van der Waals surface area contributed by atoms with Gasteiger partial charge in [-0.1, -0.05) is 6.92 Å². The maximum Gasteiger partial charge on any atom is 0.211 e. The van der Waals surface area contributed by atoms with Crippen LogP contribution in [-0.2, 0) is 10.0 Å². The molecule has 0 rings (SSSR count). The molecular formula is C8H15NO2S. The largest absolute Gasteiger partial charge is 0.212 e. The van der Waals surface area contributed by atoms with E-state index < -0.39 is 10.0 Å². The molecule has 0 fully saturated rings. The molecule has 0 aliphatic heterocycles. The van der Waals surface area contributed by atoms with Gasteiger partial charge in [0.1, 0.15) is 0 Å². The molecular weight excluding hydrogens is 174 g/mol. The summed E-state index contributed by atoms with van der Waals surface area (Å²) in [5.41, 5.74) is 0. The van der Waals surface area contributed by atoms with Crippen LogP contribution in [0, 0.1) is 12.3 Å². The highest BCUT2D eigenvalue weighted by Crippen LogP contribution is 1.94. The van der Waals surface area contributed by atoms with Crippen molar-refractivity contribution in [1.82, 2.24) is 4.72 Å². The van der Waals surface area contributed by atoms with E-state index in [1.807, 2.05) is 6.92 Å². The smallest absolute Gasteiger partial charge is 0.211 e. The Morgan fingerprint density at radius 2 is 2.17 bits per heavy atom. The van der Waals surface area contributed by atoms with Gasteiger partial charge in [0, 0.05) is 12.5 Å². The van der Waals surface area contributed by atoms with Crippen molar-refractivity contribution in [1.29, 1.82) is 0 Å². The SMILES string of the molecule is C#CCC(C)NS(=O)(=O)CCC. The van der Waals surface area contributed by atoms with Crippen molar-refractivity contribution in [2.45, 2.75) is 32.7 Å². The third-order valence-corrected chi connectivity index (χ3v) is 2.98. The Bertz CT molecular complexity index is 251. The van der Waals surface area contributed by atoms with Crippen molar-refractivity contribution < 1.29 is 8.42 Å². The van der Waals surface area contributed by atoms with Crippen molar-refractivity contribution in [3.8, 4) is 12.3 Å². The average Bonchev–Trinajstić information content (AvgIpc) is 1.85. The predicted octanol–water partition coefficient (Wildman–Crippen LogP) is 0.728. The van der Waals surface area contributed by atoms with Gasteiger partial charge in [-0.15, -0.1) is 12.3 Å². The maximum absolute atomic E-state index is 11.1. The second-order valence-corrected chi connectivity index (χ2v) is 4.62. The lowest BCUT2D eigenvalue weighted by Crippen LogP contribution is -2.33. The van der Waals surface area contributed by atoms with Gasteiger partial charge in [0.25, 0.3) is 0 Å². The Morgan fingerprint density at radius 1 is 1.58 bits per heavy atom. The van der Waals surface area contributed by atoms with E-state index in [-0.39, 0.29) is 11.8 Å². The monoisotopic (exact) mass is 189 g/mol. The molecule has 12 heavy (non-hydrogen) atoms. The van der Waals surface area contributed by atoms with Gasteiger partial charge in [0.15, 0.2) is 0 Å². The van der Waals surface area contributed by atoms with Crippen LogP contribution in [-0.4, -0.2) is 20.2 Å². The van der Waals surface area contributed by atoms with Gasteiger partial charge in [0.2, 0.25) is 10.0 Å². The van der Waals surface area contributed by atoms with E-state index in [4.69, 9.17) is 6.42 Å². The second kappa shape index (κ2) is 5.18. The van der Waals surface area contributed by atoms with Crippen molar-refractivity contribution in [2.75, 3.05) is 5.75 Å². The van der Waals surface area contributed by atoms with Crippen LogP contribution < -0.4 is 4.72 Å². The van der Waals surface area contributed by atoms with Crippen LogP contribution in [0.15, 0.2) is 0 Å². The summed E-state index contributed by atoms with van der Waals surface area (Å²) in [7, 11) is -3.10. The minimum Gasteiger partial charge on any atom is -0.212 e. The first-order chi connectivity index (χ1) is 5.52. The highest BCUT2D eigenvalue weighted by Gasteiger charge is 2.11. The first-order valence-electron chi connectivity index (χ1n) is 3.95. The lowest BCUT2D eigenvalue weighted by molar-refractivity contribution is 0.562. The molecule has 0 aromatic carbocycles. The van der Waals surface area contributed by atoms with Gasteiger partial charge in [0.05, 0.1) is 5.75 Å². The average molecular weight is 189 g/mol. The molecule has 1 unspecified atom stereocenters. The molecule has 0 saturated carbocycles. The van der Waals surface area contributed by atoms with Crippen LogP contribution in [0.25, 0.3) is 0 Å². The molecule has 0 radical (unpaired) electrons. The van der Waals surface area contributed by atoms with Crippen LogP contribution in [0.1, 0.15) is 26.7 Å². The Kier molecular flexibility index (Phi) is 4.95. The van der Waals surface area contributed by atoms with E-state index in [2.05, 4.69) is 10.6 Å². The van der Waals surface area contributed by atoms with Crippen molar-refractivity contribution in [2.24, 2.45) is 0 Å². The lowest BCUT2D eigenvalue weighted by Gasteiger charge is -2.10. The van der Waals surface area contributed by atoms with Gasteiger partial charge in [-0.05, 0) is 13.3 Å². The molecule has 0 heterocycles. The predicted molar refractivity (Wildman–Crippen MR) is 50.1 cm³/mol. The van der Waals surface area contributed by atoms with Crippen LogP contribution in [0.5, 0.6) is 0 Å². The zero-order valence-electron chi connectivity index (χ0n) is 7.50. The van der Waals surface area contributed by atoms with Gasteiger partial charge >= 0.3 is 0 Å². The minimum absolute atomic E-state index is 0.161. The number of terminal acetylenes is 1. The molecule has 0 aliphatic carbocycles. The molecule has 1 atom stereocenters. The Morgan fingerprint density at radius 3 is 2.58 bits per heavy atom. The highest BCUT2D eigenvalue weighted by molar-refractivity contribution is 7.89. The molecule has 0 aromatic heterocycles. The number of hydrogen-bond donors (Lipinski definition) is 1. The molecule has 0 bridgehead atoms. The van der Waals surface area contributed by atoms with E-state index in [0.29, 0.717) is 12.8 Å². The molecule has 3 nitrogen and oxygen atoms in total. The first kappa shape index (κ1) is 11.5. The fourth-order valence-electron chi connectivity index (χ4n) is 0.853. The fraction of sp³-hybridized carbons (Fsp3) is 0.750. The summed E-state index contributed by atoms with van der Waals surface area (Å²) in [6, 6.07) is -0.161. The van der Waals surface area contributed by atoms with Crippen LogP contribution in [0.2, 0.25) is 0 Å². The van der Waals surface area contributed by atoms with Gasteiger partial charge in [-0.3, -0.25) is 0 Å². The van der Waals surface area contributed by atoms with Crippen LogP contribution >= 0.6 is 0 Å². The summed E-state index contributed by atoms with van der Waals surface area (Å²) in [4.78, 5) is 0. The third kappa shape index (κ3) is 5.16. The summed E-state index contributed by atoms with van der Waals surface area (Å²) in [5, 5.41) is 0. The van der Waals surface area contributed by atoms with Gasteiger partial charge < -0.3 is 0 Å². The first-order valence-corrected chi connectivity index (χ1v) is 5.60.